The van der Waals surface area contributed by atoms with Crippen LogP contribution in [0.25, 0.3) is 0 Å². The number of hydrogen-bond acceptors (Lipinski definition) is 6. The lowest BCUT2D eigenvalue weighted by Crippen LogP contribution is -2.47. The Labute approximate surface area is 483 Å². The molecule has 10 heteroatoms. The summed E-state index contributed by atoms with van der Waals surface area (Å²) in [6, 6.07) is -0.851. The van der Waals surface area contributed by atoms with Gasteiger partial charge in [-0.2, -0.15) is 0 Å². The molecule has 0 heterocycles. The van der Waals surface area contributed by atoms with E-state index in [2.05, 4.69) is 74.7 Å². The van der Waals surface area contributed by atoms with E-state index in [0.717, 1.165) is 83.5 Å². The van der Waals surface area contributed by atoms with Crippen LogP contribution in [0.5, 0.6) is 0 Å². The molecule has 456 valence electrons. The fraction of sp³-hybridized carbons (Fsp3) is 0.824. The molecule has 0 aromatic heterocycles. The van der Waals surface area contributed by atoms with E-state index in [1.165, 1.54) is 193 Å². The van der Waals surface area contributed by atoms with Crippen LogP contribution < -0.4 is 5.32 Å². The van der Waals surface area contributed by atoms with Crippen LogP contribution in [0.15, 0.2) is 60.8 Å². The van der Waals surface area contributed by atoms with Gasteiger partial charge in [-0.25, -0.2) is 4.57 Å². The predicted octanol–water partition coefficient (Wildman–Crippen LogP) is 20.6. The lowest BCUT2D eigenvalue weighted by atomic mass is 10.0. The van der Waals surface area contributed by atoms with Crippen molar-refractivity contribution in [2.45, 2.75) is 322 Å². The monoisotopic (exact) mass is 1120 g/mol. The number of unbranched alkanes of at least 4 members (excludes halogenated alkanes) is 36. The van der Waals surface area contributed by atoms with Gasteiger partial charge < -0.3 is 19.4 Å². The lowest BCUT2D eigenvalue weighted by Gasteiger charge is -2.27. The van der Waals surface area contributed by atoms with Crippen molar-refractivity contribution in [1.29, 1.82) is 0 Å². The highest BCUT2D eigenvalue weighted by atomic mass is 31.2. The van der Waals surface area contributed by atoms with Gasteiger partial charge in [0.2, 0.25) is 5.91 Å². The fourth-order valence-corrected chi connectivity index (χ4v) is 10.3. The molecule has 0 aromatic carbocycles. The molecule has 3 atom stereocenters. The Balaban J connectivity index is 5.10. The molecule has 0 aromatic rings. The number of phosphoric acid groups is 1. The zero-order valence-electron chi connectivity index (χ0n) is 52.2. The van der Waals surface area contributed by atoms with Gasteiger partial charge in [-0.05, 0) is 96.0 Å². The second kappa shape index (κ2) is 57.9. The Morgan fingerprint density at radius 3 is 1.22 bits per heavy atom. The number of carbonyl (C=O) groups is 2. The first kappa shape index (κ1) is 75.7. The third kappa shape index (κ3) is 58.4. The maximum Gasteiger partial charge on any atom is 0.472 e. The third-order valence-corrected chi connectivity index (χ3v) is 15.7. The molecule has 0 saturated carbocycles. The summed E-state index contributed by atoms with van der Waals surface area (Å²) in [5.74, 6) is -0.504. The second-order valence-electron chi connectivity index (χ2n) is 23.6. The summed E-state index contributed by atoms with van der Waals surface area (Å²) in [6.07, 6.45) is 73.6. The van der Waals surface area contributed by atoms with Crippen molar-refractivity contribution >= 4 is 19.7 Å². The Morgan fingerprint density at radius 1 is 0.449 bits per heavy atom. The normalized spacial score (nSPS) is 14.0. The highest BCUT2D eigenvalue weighted by Gasteiger charge is 2.30. The van der Waals surface area contributed by atoms with Gasteiger partial charge in [0.1, 0.15) is 19.3 Å². The molecule has 0 saturated heterocycles. The number of hydrogen-bond donors (Lipinski definition) is 2. The van der Waals surface area contributed by atoms with Crippen molar-refractivity contribution in [3.63, 3.8) is 0 Å². The highest BCUT2D eigenvalue weighted by Crippen LogP contribution is 2.43. The maximum absolute atomic E-state index is 13.5. The third-order valence-electron chi connectivity index (χ3n) is 14.7. The minimum atomic E-state index is -4.45. The SMILES string of the molecule is CCCCC/C=C\C/C=C\C/C=C\CCCCCCCCCCCCCCC(=O)OC(/C=C\CCCCCCCCCCCC)C(COP(=O)(O)OCC[N+](C)(C)C)NC(=O)CCCCCCCCC/C=C\CCCCCC. The molecule has 0 aliphatic heterocycles. The molecule has 78 heavy (non-hydrogen) atoms. The van der Waals surface area contributed by atoms with Gasteiger partial charge in [0.25, 0.3) is 0 Å². The van der Waals surface area contributed by atoms with E-state index in [9.17, 15) is 19.0 Å². The Hall–Kier alpha value is -2.29. The molecule has 9 nitrogen and oxygen atoms in total. The molecular formula is C68H128N2O7P+. The van der Waals surface area contributed by atoms with Gasteiger partial charge >= 0.3 is 13.8 Å². The first-order valence-electron chi connectivity index (χ1n) is 33.1. The summed E-state index contributed by atoms with van der Waals surface area (Å²) in [5, 5.41) is 3.06. The number of esters is 1. The molecule has 2 N–H and O–H groups in total. The number of carbonyl (C=O) groups excluding carboxylic acids is 2. The van der Waals surface area contributed by atoms with E-state index in [0.29, 0.717) is 17.4 Å². The molecule has 3 unspecified atom stereocenters. The van der Waals surface area contributed by atoms with Crippen molar-refractivity contribution in [3.05, 3.63) is 60.8 Å². The molecule has 0 spiro atoms. The topological polar surface area (TPSA) is 111 Å². The van der Waals surface area contributed by atoms with Gasteiger partial charge in [-0.1, -0.05) is 262 Å². The van der Waals surface area contributed by atoms with Crippen LogP contribution in [-0.2, 0) is 27.9 Å². The number of rotatable bonds is 60. The van der Waals surface area contributed by atoms with Gasteiger partial charge in [0, 0.05) is 12.8 Å². The summed E-state index contributed by atoms with van der Waals surface area (Å²) < 4.78 is 30.7. The summed E-state index contributed by atoms with van der Waals surface area (Å²) in [4.78, 5) is 37.8. The van der Waals surface area contributed by atoms with Crippen molar-refractivity contribution in [2.24, 2.45) is 0 Å². The molecule has 0 fully saturated rings. The molecule has 0 radical (unpaired) electrons. The number of ether oxygens (including phenoxy) is 1. The zero-order chi connectivity index (χ0) is 57.2. The molecule has 0 aliphatic rings. The number of nitrogens with one attached hydrogen (secondary N) is 1. The Bertz CT molecular complexity index is 1520. The number of nitrogens with zero attached hydrogens (tertiary/aromatic N) is 1. The van der Waals surface area contributed by atoms with E-state index < -0.39 is 20.0 Å². The average Bonchev–Trinajstić information content (AvgIpc) is 3.40. The van der Waals surface area contributed by atoms with Crippen LogP contribution in [0, 0.1) is 0 Å². The number of phosphoric ester groups is 1. The van der Waals surface area contributed by atoms with Crippen LogP contribution >= 0.6 is 7.82 Å². The minimum Gasteiger partial charge on any atom is -0.456 e. The minimum absolute atomic E-state index is 0.0389. The molecule has 0 rings (SSSR count). The van der Waals surface area contributed by atoms with Crippen LogP contribution in [0.3, 0.4) is 0 Å². The molecular weight excluding hydrogens is 988 g/mol. The molecule has 0 bridgehead atoms. The van der Waals surface area contributed by atoms with Crippen molar-refractivity contribution < 1.29 is 37.3 Å². The van der Waals surface area contributed by atoms with Crippen molar-refractivity contribution in [2.75, 3.05) is 40.9 Å². The van der Waals surface area contributed by atoms with E-state index in [4.69, 9.17) is 13.8 Å². The van der Waals surface area contributed by atoms with E-state index >= 15 is 0 Å². The van der Waals surface area contributed by atoms with Crippen LogP contribution in [0.1, 0.15) is 310 Å². The summed E-state index contributed by atoms with van der Waals surface area (Å²) >= 11 is 0. The lowest BCUT2D eigenvalue weighted by molar-refractivity contribution is -0.870. The molecule has 1 amide bonds. The van der Waals surface area contributed by atoms with E-state index in [-0.39, 0.29) is 31.5 Å². The standard InChI is InChI=1S/C68H127N2O7P/c1-7-10-13-16-19-22-25-28-30-31-32-33-34-35-36-37-38-39-41-43-46-49-52-55-58-61-68(72)77-66(59-56-53-50-47-44-27-24-21-18-15-12-9-3)65(64-76-78(73,74)75-63-62-70(4,5)6)69-67(71)60-57-54-51-48-45-42-40-29-26-23-20-17-14-11-8-2/h19,22-23,26,28,30,32-33,56,59,65-66H,7-18,20-21,24-25,27,29,31,34-55,57-58,60-64H2,1-6H3,(H-,69,71,73,74)/p+1/b22-19-,26-23-,30-28-,33-32-,59-56-. The number of amides is 1. The fourth-order valence-electron chi connectivity index (χ4n) is 9.53. The van der Waals surface area contributed by atoms with Gasteiger partial charge in [-0.3, -0.25) is 18.6 Å². The second-order valence-corrected chi connectivity index (χ2v) is 25.1. The van der Waals surface area contributed by atoms with Crippen LogP contribution in [-0.4, -0.2) is 74.3 Å². The number of allylic oxidation sites excluding steroid dienone is 9. The predicted molar refractivity (Wildman–Crippen MR) is 337 cm³/mol. The summed E-state index contributed by atoms with van der Waals surface area (Å²) in [7, 11) is 1.50. The summed E-state index contributed by atoms with van der Waals surface area (Å²) in [5.41, 5.74) is 0. The Kier molecular flexibility index (Phi) is 56.2. The number of likely N-dealkylation sites (N-methyl/N-ethyl adjacent to an activating group) is 1. The quantitative estimate of drug-likeness (QED) is 0.0205. The molecule has 0 aliphatic carbocycles. The van der Waals surface area contributed by atoms with Gasteiger partial charge in [0.05, 0.1) is 33.8 Å². The van der Waals surface area contributed by atoms with E-state index in [1.54, 1.807) is 0 Å². The van der Waals surface area contributed by atoms with Crippen LogP contribution in [0.4, 0.5) is 0 Å². The van der Waals surface area contributed by atoms with Crippen LogP contribution in [0.2, 0.25) is 0 Å². The van der Waals surface area contributed by atoms with Crippen molar-refractivity contribution in [3.8, 4) is 0 Å². The largest absolute Gasteiger partial charge is 0.472 e. The smallest absolute Gasteiger partial charge is 0.456 e. The zero-order valence-corrected chi connectivity index (χ0v) is 53.1. The number of quaternary nitrogens is 1. The van der Waals surface area contributed by atoms with Crippen molar-refractivity contribution in [1.82, 2.24) is 5.32 Å². The Morgan fingerprint density at radius 2 is 0.782 bits per heavy atom. The summed E-state index contributed by atoms with van der Waals surface area (Å²) in [6.45, 7) is 6.99. The van der Waals surface area contributed by atoms with E-state index in [1.807, 2.05) is 33.3 Å². The van der Waals surface area contributed by atoms with Gasteiger partial charge in [0.15, 0.2) is 0 Å². The first-order chi connectivity index (χ1) is 37.9. The average molecular weight is 1120 g/mol. The van der Waals surface area contributed by atoms with Gasteiger partial charge in [-0.15, -0.1) is 0 Å². The highest BCUT2D eigenvalue weighted by molar-refractivity contribution is 7.47. The maximum atomic E-state index is 13.5. The first-order valence-corrected chi connectivity index (χ1v) is 34.6.